The zero-order chi connectivity index (χ0) is 14.0. The molecule has 1 N–H and O–H groups in total. The Morgan fingerprint density at radius 3 is 2.00 bits per heavy atom. The minimum absolute atomic E-state index is 0.551. The van der Waals surface area contributed by atoms with Crippen molar-refractivity contribution >= 4 is 0 Å². The Morgan fingerprint density at radius 1 is 0.944 bits per heavy atom. The molecular weight excluding hydrogens is 218 g/mol. The summed E-state index contributed by atoms with van der Waals surface area (Å²) in [5.74, 6) is 0.851. The van der Waals surface area contributed by atoms with Gasteiger partial charge < -0.3 is 5.32 Å². The van der Waals surface area contributed by atoms with Gasteiger partial charge in [0.1, 0.15) is 0 Å². The Kier molecular flexibility index (Phi) is 9.81. The van der Waals surface area contributed by atoms with Crippen LogP contribution in [0, 0.1) is 11.3 Å². The van der Waals surface area contributed by atoms with E-state index in [4.69, 9.17) is 0 Å². The highest BCUT2D eigenvalue weighted by Crippen LogP contribution is 2.34. The molecule has 0 aromatic rings. The molecule has 0 heterocycles. The molecule has 0 saturated heterocycles. The van der Waals surface area contributed by atoms with Gasteiger partial charge in [-0.2, -0.15) is 0 Å². The fourth-order valence-electron chi connectivity index (χ4n) is 2.64. The van der Waals surface area contributed by atoms with Crippen molar-refractivity contribution in [3.8, 4) is 0 Å². The minimum atomic E-state index is 0.551. The predicted octanol–water partition coefficient (Wildman–Crippen LogP) is 5.40. The van der Waals surface area contributed by atoms with Crippen LogP contribution >= 0.6 is 0 Å². The highest BCUT2D eigenvalue weighted by atomic mass is 14.9. The second-order valence-electron chi connectivity index (χ2n) is 6.78. The Bertz CT molecular complexity index is 186. The molecule has 0 aliphatic rings. The summed E-state index contributed by atoms with van der Waals surface area (Å²) in [7, 11) is 0. The summed E-state index contributed by atoms with van der Waals surface area (Å²) in [6.45, 7) is 15.1. The lowest BCUT2D eigenvalue weighted by molar-refractivity contribution is 0.197. The van der Waals surface area contributed by atoms with Gasteiger partial charge in [-0.15, -0.1) is 0 Å². The van der Waals surface area contributed by atoms with E-state index in [1.165, 1.54) is 51.5 Å². The highest BCUT2D eigenvalue weighted by molar-refractivity contribution is 4.81. The summed E-state index contributed by atoms with van der Waals surface area (Å²) >= 11 is 0. The Hall–Kier alpha value is -0.0400. The van der Waals surface area contributed by atoms with E-state index in [1.54, 1.807) is 0 Å². The van der Waals surface area contributed by atoms with Gasteiger partial charge in [-0.1, -0.05) is 67.2 Å². The second-order valence-corrected chi connectivity index (χ2v) is 6.78. The molecule has 0 saturated carbocycles. The van der Waals surface area contributed by atoms with E-state index < -0.39 is 0 Å². The first kappa shape index (κ1) is 18.0. The zero-order valence-electron chi connectivity index (χ0n) is 13.8. The van der Waals surface area contributed by atoms with Crippen molar-refractivity contribution in [3.05, 3.63) is 0 Å². The molecule has 0 aromatic carbocycles. The van der Waals surface area contributed by atoms with Crippen molar-refractivity contribution in [2.24, 2.45) is 11.3 Å². The fraction of sp³-hybridized carbons (Fsp3) is 1.00. The van der Waals surface area contributed by atoms with Gasteiger partial charge in [-0.05, 0) is 30.6 Å². The van der Waals surface area contributed by atoms with Crippen molar-refractivity contribution in [2.45, 2.75) is 92.5 Å². The van der Waals surface area contributed by atoms with Crippen LogP contribution in [-0.4, -0.2) is 12.6 Å². The lowest BCUT2D eigenvalue weighted by Crippen LogP contribution is -2.37. The quantitative estimate of drug-likeness (QED) is 0.521. The molecule has 0 aromatic heterocycles. The molecule has 0 amide bonds. The van der Waals surface area contributed by atoms with Crippen molar-refractivity contribution < 1.29 is 0 Å². The lowest BCUT2D eigenvalue weighted by atomic mass is 9.75. The molecule has 0 aliphatic carbocycles. The summed E-state index contributed by atoms with van der Waals surface area (Å²) in [5, 5.41) is 3.68. The first-order valence-electron chi connectivity index (χ1n) is 8.19. The normalized spacial score (nSPS) is 15.3. The lowest BCUT2D eigenvalue weighted by Gasteiger charge is -2.34. The van der Waals surface area contributed by atoms with Gasteiger partial charge in [-0.25, -0.2) is 0 Å². The summed E-state index contributed by atoms with van der Waals surface area (Å²) < 4.78 is 0. The number of rotatable bonds is 11. The van der Waals surface area contributed by atoms with Crippen LogP contribution in [0.4, 0.5) is 0 Å². The maximum absolute atomic E-state index is 3.68. The van der Waals surface area contributed by atoms with Crippen LogP contribution in [0.5, 0.6) is 0 Å². The smallest absolute Gasteiger partial charge is 0.00106 e. The average molecular weight is 255 g/mol. The van der Waals surface area contributed by atoms with E-state index in [9.17, 15) is 0 Å². The van der Waals surface area contributed by atoms with Crippen molar-refractivity contribution in [1.82, 2.24) is 5.32 Å². The monoisotopic (exact) mass is 255 g/mol. The van der Waals surface area contributed by atoms with Crippen LogP contribution in [0.25, 0.3) is 0 Å². The third-order valence-corrected chi connectivity index (χ3v) is 4.18. The first-order chi connectivity index (χ1) is 8.45. The summed E-state index contributed by atoms with van der Waals surface area (Å²) in [5.41, 5.74) is 0.551. The largest absolute Gasteiger partial charge is 0.314 e. The topological polar surface area (TPSA) is 12.0 Å². The molecule has 110 valence electrons. The number of unbranched alkanes of at least 4 members (excludes halogenated alkanes) is 1. The average Bonchev–Trinajstić information content (AvgIpc) is 2.32. The number of nitrogens with one attached hydrogen (secondary N) is 1. The fourth-order valence-corrected chi connectivity index (χ4v) is 2.64. The van der Waals surface area contributed by atoms with Gasteiger partial charge in [0.15, 0.2) is 0 Å². The van der Waals surface area contributed by atoms with Gasteiger partial charge in [-0.3, -0.25) is 0 Å². The highest BCUT2D eigenvalue weighted by Gasteiger charge is 2.26. The van der Waals surface area contributed by atoms with Crippen molar-refractivity contribution in [2.75, 3.05) is 6.54 Å². The SMILES string of the molecule is CCCCC(CC)(CCCC(C)C)CNC(C)C. The van der Waals surface area contributed by atoms with Crippen LogP contribution in [-0.2, 0) is 0 Å². The molecule has 0 aliphatic heterocycles. The van der Waals surface area contributed by atoms with Crippen LogP contribution in [0.15, 0.2) is 0 Å². The van der Waals surface area contributed by atoms with Crippen molar-refractivity contribution in [3.63, 3.8) is 0 Å². The molecule has 0 spiro atoms. The maximum Gasteiger partial charge on any atom is 0.00106 e. The van der Waals surface area contributed by atoms with E-state index in [-0.39, 0.29) is 0 Å². The molecule has 1 atom stereocenters. The maximum atomic E-state index is 3.68. The molecule has 1 unspecified atom stereocenters. The zero-order valence-corrected chi connectivity index (χ0v) is 13.8. The van der Waals surface area contributed by atoms with Crippen molar-refractivity contribution in [1.29, 1.82) is 0 Å². The Labute approximate surface area is 116 Å². The first-order valence-corrected chi connectivity index (χ1v) is 8.19. The van der Waals surface area contributed by atoms with E-state index >= 15 is 0 Å². The van der Waals surface area contributed by atoms with Crippen LogP contribution in [0.2, 0.25) is 0 Å². The third-order valence-electron chi connectivity index (χ3n) is 4.18. The molecule has 0 rings (SSSR count). The van der Waals surface area contributed by atoms with Gasteiger partial charge in [0, 0.05) is 12.6 Å². The van der Waals surface area contributed by atoms with E-state index in [0.717, 1.165) is 5.92 Å². The van der Waals surface area contributed by atoms with Crippen LogP contribution < -0.4 is 5.32 Å². The Morgan fingerprint density at radius 2 is 1.56 bits per heavy atom. The minimum Gasteiger partial charge on any atom is -0.314 e. The van der Waals surface area contributed by atoms with Gasteiger partial charge >= 0.3 is 0 Å². The molecular formula is C17H37N. The molecule has 0 fully saturated rings. The molecule has 1 nitrogen and oxygen atoms in total. The van der Waals surface area contributed by atoms with E-state index in [0.29, 0.717) is 11.5 Å². The number of hydrogen-bond acceptors (Lipinski definition) is 1. The second kappa shape index (κ2) is 9.83. The van der Waals surface area contributed by atoms with E-state index in [2.05, 4.69) is 46.9 Å². The summed E-state index contributed by atoms with van der Waals surface area (Å²) in [4.78, 5) is 0. The molecule has 1 heteroatoms. The summed E-state index contributed by atoms with van der Waals surface area (Å²) in [6.07, 6.45) is 9.62. The standard InChI is InChI=1S/C17H37N/c1-7-9-12-17(8-2,14-18-16(5)6)13-10-11-15(3)4/h15-16,18H,7-14H2,1-6H3. The summed E-state index contributed by atoms with van der Waals surface area (Å²) in [6, 6.07) is 0.614. The van der Waals surface area contributed by atoms with Crippen LogP contribution in [0.1, 0.15) is 86.5 Å². The van der Waals surface area contributed by atoms with Gasteiger partial charge in [0.05, 0.1) is 0 Å². The molecule has 0 bridgehead atoms. The van der Waals surface area contributed by atoms with Crippen LogP contribution in [0.3, 0.4) is 0 Å². The molecule has 18 heavy (non-hydrogen) atoms. The van der Waals surface area contributed by atoms with Gasteiger partial charge in [0.2, 0.25) is 0 Å². The predicted molar refractivity (Wildman–Crippen MR) is 84.1 cm³/mol. The van der Waals surface area contributed by atoms with E-state index in [1.807, 2.05) is 0 Å². The molecule has 0 radical (unpaired) electrons. The third kappa shape index (κ3) is 8.13. The Balaban J connectivity index is 4.33. The number of hydrogen-bond donors (Lipinski definition) is 1. The van der Waals surface area contributed by atoms with Gasteiger partial charge in [0.25, 0.3) is 0 Å².